The van der Waals surface area contributed by atoms with Gasteiger partial charge in [0.05, 0.1) is 5.56 Å². The van der Waals surface area contributed by atoms with Crippen molar-refractivity contribution >= 4 is 38.9 Å². The van der Waals surface area contributed by atoms with Gasteiger partial charge in [0.25, 0.3) is 21.8 Å². The molecule has 2 heterocycles. The van der Waals surface area contributed by atoms with Crippen LogP contribution in [0.5, 0.6) is 0 Å². The maximum Gasteiger partial charge on any atom is 0.269 e. The van der Waals surface area contributed by atoms with Gasteiger partial charge in [0.15, 0.2) is 0 Å². The number of sulfonamides is 1. The second-order valence-corrected chi connectivity index (χ2v) is 9.52. The molecule has 6 nitrogen and oxygen atoms in total. The maximum absolute atomic E-state index is 12.7. The Labute approximate surface area is 172 Å². The van der Waals surface area contributed by atoms with Crippen LogP contribution in [-0.2, 0) is 10.0 Å². The average molecular weight is 427 g/mol. The van der Waals surface area contributed by atoms with E-state index in [0.717, 1.165) is 15.4 Å². The molecule has 1 aliphatic heterocycles. The zero-order valence-electron chi connectivity index (χ0n) is 15.7. The first-order valence-corrected chi connectivity index (χ1v) is 11.3. The number of fused-ring (bicyclic) bond motifs is 1. The number of nitrogens with zero attached hydrogens (tertiary/aromatic N) is 1. The lowest BCUT2D eigenvalue weighted by atomic mass is 10.1. The number of anilines is 1. The molecule has 29 heavy (non-hydrogen) atoms. The Bertz CT molecular complexity index is 1220. The van der Waals surface area contributed by atoms with Crippen LogP contribution in [0.15, 0.2) is 64.2 Å². The Morgan fingerprint density at radius 1 is 1.07 bits per heavy atom. The van der Waals surface area contributed by atoms with Gasteiger partial charge in [0, 0.05) is 17.3 Å². The molecule has 4 rings (SSSR count). The van der Waals surface area contributed by atoms with Crippen molar-refractivity contribution in [3.05, 3.63) is 70.4 Å². The fourth-order valence-corrected chi connectivity index (χ4v) is 5.77. The molecular formula is C21H18N2O4S2. The van der Waals surface area contributed by atoms with E-state index in [4.69, 9.17) is 0 Å². The lowest BCUT2D eigenvalue weighted by Gasteiger charge is -2.18. The summed E-state index contributed by atoms with van der Waals surface area (Å²) < 4.78 is 26.3. The number of thiophene rings is 1. The molecule has 3 aromatic rings. The molecular weight excluding hydrogens is 408 g/mol. The number of hydrogen-bond donors (Lipinski definition) is 1. The van der Waals surface area contributed by atoms with Crippen molar-refractivity contribution in [1.29, 1.82) is 0 Å². The van der Waals surface area contributed by atoms with Crippen LogP contribution < -0.4 is 5.32 Å². The summed E-state index contributed by atoms with van der Waals surface area (Å²) in [6.07, 6.45) is 0. The highest BCUT2D eigenvalue weighted by molar-refractivity contribution is 7.90. The molecule has 0 fully saturated rings. The molecule has 148 valence electrons. The number of carbonyl (C=O) groups is 2. The summed E-state index contributed by atoms with van der Waals surface area (Å²) in [4.78, 5) is 25.0. The van der Waals surface area contributed by atoms with Crippen LogP contribution in [0.4, 0.5) is 5.69 Å². The number of amides is 2. The summed E-state index contributed by atoms with van der Waals surface area (Å²) in [6, 6.07) is 13.0. The first-order chi connectivity index (χ1) is 13.8. The minimum absolute atomic E-state index is 0.0923. The Morgan fingerprint density at radius 3 is 2.55 bits per heavy atom. The quantitative estimate of drug-likeness (QED) is 0.677. The predicted molar refractivity (Wildman–Crippen MR) is 113 cm³/mol. The first kappa shape index (κ1) is 19.4. The van der Waals surface area contributed by atoms with Crippen LogP contribution in [0.3, 0.4) is 0 Å². The van der Waals surface area contributed by atoms with Gasteiger partial charge in [0.1, 0.15) is 4.90 Å². The fraction of sp³-hybridized carbons (Fsp3) is 0.143. The summed E-state index contributed by atoms with van der Waals surface area (Å²) in [6.45, 7) is 3.27. The Balaban J connectivity index is 1.63. The van der Waals surface area contributed by atoms with Crippen molar-refractivity contribution in [3.8, 4) is 11.1 Å². The average Bonchev–Trinajstić information content (AvgIpc) is 3.27. The van der Waals surface area contributed by atoms with Gasteiger partial charge in [-0.25, -0.2) is 12.7 Å². The molecule has 1 N–H and O–H groups in total. The number of carbonyl (C=O) groups excluding carboxylic acids is 2. The second kappa shape index (κ2) is 7.13. The maximum atomic E-state index is 12.7. The van der Waals surface area contributed by atoms with Gasteiger partial charge in [-0.1, -0.05) is 12.1 Å². The highest BCUT2D eigenvalue weighted by Gasteiger charge is 2.42. The molecule has 0 saturated carbocycles. The highest BCUT2D eigenvalue weighted by atomic mass is 32.2. The molecule has 0 spiro atoms. The van der Waals surface area contributed by atoms with Gasteiger partial charge < -0.3 is 5.32 Å². The molecule has 0 radical (unpaired) electrons. The van der Waals surface area contributed by atoms with Crippen LogP contribution >= 0.6 is 11.3 Å². The number of hydrogen-bond acceptors (Lipinski definition) is 5. The van der Waals surface area contributed by atoms with E-state index in [1.165, 1.54) is 18.2 Å². The Kier molecular flexibility index (Phi) is 4.76. The minimum Gasteiger partial charge on any atom is -0.322 e. The van der Waals surface area contributed by atoms with Crippen LogP contribution in [0, 0.1) is 0 Å². The number of benzene rings is 2. The van der Waals surface area contributed by atoms with E-state index >= 15 is 0 Å². The lowest BCUT2D eigenvalue weighted by Crippen LogP contribution is -2.36. The Morgan fingerprint density at radius 2 is 1.86 bits per heavy atom. The first-order valence-electron chi connectivity index (χ1n) is 8.96. The molecule has 0 unspecified atom stereocenters. The van der Waals surface area contributed by atoms with E-state index in [2.05, 4.69) is 5.32 Å². The van der Waals surface area contributed by atoms with Crippen LogP contribution in [0.1, 0.15) is 34.6 Å². The predicted octanol–water partition coefficient (Wildman–Crippen LogP) is 4.22. The van der Waals surface area contributed by atoms with Gasteiger partial charge in [-0.3, -0.25) is 9.59 Å². The van der Waals surface area contributed by atoms with E-state index in [-0.39, 0.29) is 16.0 Å². The van der Waals surface area contributed by atoms with Gasteiger partial charge in [-0.05, 0) is 72.1 Å². The summed E-state index contributed by atoms with van der Waals surface area (Å²) in [7, 11) is -3.96. The standard InChI is InChI=1S/C21H18N2O4S2/c1-13(2)23-21(25)18-7-6-15(11-19(18)29(23,26)27)20(24)22-17-5-3-4-14(10-17)16-8-9-28-12-16/h3-13H,1-2H3,(H,22,24). The van der Waals surface area contributed by atoms with Gasteiger partial charge >= 0.3 is 0 Å². The third-order valence-electron chi connectivity index (χ3n) is 4.66. The third kappa shape index (κ3) is 3.34. The molecule has 0 aliphatic carbocycles. The molecule has 0 bridgehead atoms. The van der Waals surface area contributed by atoms with Gasteiger partial charge in [-0.15, -0.1) is 0 Å². The summed E-state index contributed by atoms with van der Waals surface area (Å²) in [5, 5.41) is 6.79. The number of nitrogens with one attached hydrogen (secondary N) is 1. The Hall–Kier alpha value is -2.97. The number of rotatable bonds is 4. The summed E-state index contributed by atoms with van der Waals surface area (Å²) >= 11 is 1.59. The monoisotopic (exact) mass is 426 g/mol. The zero-order valence-corrected chi connectivity index (χ0v) is 17.4. The van der Waals surface area contributed by atoms with E-state index in [1.807, 2.05) is 35.0 Å². The van der Waals surface area contributed by atoms with E-state index < -0.39 is 27.9 Å². The minimum atomic E-state index is -3.96. The summed E-state index contributed by atoms with van der Waals surface area (Å²) in [5.74, 6) is -1.01. The van der Waals surface area contributed by atoms with Crippen LogP contribution in [-0.4, -0.2) is 30.6 Å². The van der Waals surface area contributed by atoms with Crippen molar-refractivity contribution in [2.45, 2.75) is 24.8 Å². The fourth-order valence-electron chi connectivity index (χ4n) is 3.31. The molecule has 0 saturated heterocycles. The third-order valence-corrected chi connectivity index (χ3v) is 7.34. The van der Waals surface area contributed by atoms with Crippen molar-refractivity contribution < 1.29 is 18.0 Å². The molecule has 1 aromatic heterocycles. The van der Waals surface area contributed by atoms with Gasteiger partial charge in [0.2, 0.25) is 0 Å². The van der Waals surface area contributed by atoms with Crippen molar-refractivity contribution in [1.82, 2.24) is 4.31 Å². The summed E-state index contributed by atoms with van der Waals surface area (Å²) in [5.41, 5.74) is 2.89. The highest BCUT2D eigenvalue weighted by Crippen LogP contribution is 2.33. The van der Waals surface area contributed by atoms with E-state index in [0.29, 0.717) is 5.69 Å². The second-order valence-electron chi connectivity index (χ2n) is 6.96. The van der Waals surface area contributed by atoms with Gasteiger partial charge in [-0.2, -0.15) is 11.3 Å². The van der Waals surface area contributed by atoms with E-state index in [9.17, 15) is 18.0 Å². The normalized spacial score (nSPS) is 14.9. The smallest absolute Gasteiger partial charge is 0.269 e. The molecule has 2 aromatic carbocycles. The topological polar surface area (TPSA) is 83.6 Å². The van der Waals surface area contributed by atoms with Crippen molar-refractivity contribution in [3.63, 3.8) is 0 Å². The SMILES string of the molecule is CC(C)N1C(=O)c2ccc(C(=O)Nc3cccc(-c4ccsc4)c3)cc2S1(=O)=O. The van der Waals surface area contributed by atoms with Crippen molar-refractivity contribution in [2.75, 3.05) is 5.32 Å². The molecule has 8 heteroatoms. The molecule has 2 amide bonds. The largest absolute Gasteiger partial charge is 0.322 e. The van der Waals surface area contributed by atoms with E-state index in [1.54, 1.807) is 31.3 Å². The van der Waals surface area contributed by atoms with Crippen molar-refractivity contribution in [2.24, 2.45) is 0 Å². The molecule has 0 atom stereocenters. The van der Waals surface area contributed by atoms with Crippen LogP contribution in [0.25, 0.3) is 11.1 Å². The molecule has 1 aliphatic rings. The van der Waals surface area contributed by atoms with Crippen LogP contribution in [0.2, 0.25) is 0 Å². The zero-order chi connectivity index (χ0) is 20.8. The lowest BCUT2D eigenvalue weighted by molar-refractivity contribution is 0.0846.